The standard InChI is InChI=1S/C12H22N2O2/c1-12(16)6-2-4-9(8-12)14-11(15)10-5-3-7-13-10/h9-10,13,16H,2-8H2,1H3,(H,14,15)/t9?,10-,12?/m0/s1. The Labute approximate surface area is 96.8 Å². The minimum absolute atomic E-state index is 0.00752. The molecule has 4 nitrogen and oxygen atoms in total. The van der Waals surface area contributed by atoms with Gasteiger partial charge in [0.1, 0.15) is 0 Å². The Morgan fingerprint density at radius 1 is 1.44 bits per heavy atom. The van der Waals surface area contributed by atoms with E-state index in [4.69, 9.17) is 0 Å². The Kier molecular flexibility index (Phi) is 3.50. The third kappa shape index (κ3) is 2.95. The predicted octanol–water partition coefficient (Wildman–Crippen LogP) is 0.548. The van der Waals surface area contributed by atoms with E-state index >= 15 is 0 Å². The lowest BCUT2D eigenvalue weighted by atomic mass is 9.83. The van der Waals surface area contributed by atoms with Crippen molar-refractivity contribution in [2.75, 3.05) is 6.54 Å². The highest BCUT2D eigenvalue weighted by Crippen LogP contribution is 2.27. The van der Waals surface area contributed by atoms with Crippen molar-refractivity contribution in [3.63, 3.8) is 0 Å². The van der Waals surface area contributed by atoms with Crippen LogP contribution in [0.4, 0.5) is 0 Å². The van der Waals surface area contributed by atoms with Gasteiger partial charge in [-0.25, -0.2) is 0 Å². The number of aliphatic hydroxyl groups is 1. The molecule has 1 aliphatic carbocycles. The van der Waals surface area contributed by atoms with Gasteiger partial charge in [0.25, 0.3) is 0 Å². The maximum atomic E-state index is 11.9. The summed E-state index contributed by atoms with van der Waals surface area (Å²) < 4.78 is 0. The molecule has 0 radical (unpaired) electrons. The minimum Gasteiger partial charge on any atom is -0.390 e. The lowest BCUT2D eigenvalue weighted by Gasteiger charge is -2.34. The Bertz CT molecular complexity index is 260. The number of carbonyl (C=O) groups excluding carboxylic acids is 1. The number of rotatable bonds is 2. The van der Waals surface area contributed by atoms with Gasteiger partial charge in [-0.2, -0.15) is 0 Å². The molecule has 1 aliphatic heterocycles. The predicted molar refractivity (Wildman–Crippen MR) is 62.0 cm³/mol. The normalized spacial score (nSPS) is 39.6. The number of hydrogen-bond donors (Lipinski definition) is 3. The first-order valence-electron chi connectivity index (χ1n) is 6.33. The van der Waals surface area contributed by atoms with Crippen molar-refractivity contribution in [1.82, 2.24) is 10.6 Å². The van der Waals surface area contributed by atoms with Gasteiger partial charge in [0, 0.05) is 6.04 Å². The average Bonchev–Trinajstić information content (AvgIpc) is 2.68. The van der Waals surface area contributed by atoms with Crippen LogP contribution in [0.5, 0.6) is 0 Å². The highest BCUT2D eigenvalue weighted by Gasteiger charge is 2.32. The van der Waals surface area contributed by atoms with Gasteiger partial charge in [0.15, 0.2) is 0 Å². The van der Waals surface area contributed by atoms with Gasteiger partial charge < -0.3 is 15.7 Å². The molecule has 0 bridgehead atoms. The van der Waals surface area contributed by atoms with Crippen LogP contribution in [0.15, 0.2) is 0 Å². The fourth-order valence-electron chi connectivity index (χ4n) is 2.80. The first-order valence-corrected chi connectivity index (χ1v) is 6.33. The van der Waals surface area contributed by atoms with Gasteiger partial charge in [0.2, 0.25) is 5.91 Å². The summed E-state index contributed by atoms with van der Waals surface area (Å²) in [5.74, 6) is 0.111. The summed E-state index contributed by atoms with van der Waals surface area (Å²) in [7, 11) is 0. The van der Waals surface area contributed by atoms with Crippen LogP contribution in [-0.2, 0) is 4.79 Å². The fourth-order valence-corrected chi connectivity index (χ4v) is 2.80. The second kappa shape index (κ2) is 4.72. The van der Waals surface area contributed by atoms with Crippen molar-refractivity contribution in [3.05, 3.63) is 0 Å². The molecule has 2 rings (SSSR count). The van der Waals surface area contributed by atoms with Gasteiger partial charge in [-0.05, 0) is 52.0 Å². The topological polar surface area (TPSA) is 61.4 Å². The molecule has 0 spiro atoms. The molecule has 1 saturated heterocycles. The highest BCUT2D eigenvalue weighted by molar-refractivity contribution is 5.82. The molecule has 0 aromatic heterocycles. The van der Waals surface area contributed by atoms with Crippen molar-refractivity contribution in [1.29, 1.82) is 0 Å². The SMILES string of the molecule is CC1(O)CCCC(NC(=O)[C@@H]2CCCN2)C1. The summed E-state index contributed by atoms with van der Waals surface area (Å²) in [6.07, 6.45) is 5.55. The van der Waals surface area contributed by atoms with E-state index in [-0.39, 0.29) is 18.0 Å². The van der Waals surface area contributed by atoms with Crippen LogP contribution in [0.25, 0.3) is 0 Å². The van der Waals surface area contributed by atoms with Gasteiger partial charge in [-0.15, -0.1) is 0 Å². The van der Waals surface area contributed by atoms with Gasteiger partial charge in [-0.1, -0.05) is 0 Å². The summed E-state index contributed by atoms with van der Waals surface area (Å²) >= 11 is 0. The Hall–Kier alpha value is -0.610. The van der Waals surface area contributed by atoms with E-state index in [2.05, 4.69) is 10.6 Å². The monoisotopic (exact) mass is 226 g/mol. The molecule has 2 aliphatic rings. The smallest absolute Gasteiger partial charge is 0.237 e. The molecule has 2 unspecified atom stereocenters. The van der Waals surface area contributed by atoms with Gasteiger partial charge in [0.05, 0.1) is 11.6 Å². The van der Waals surface area contributed by atoms with E-state index in [1.807, 2.05) is 6.92 Å². The molecule has 1 heterocycles. The molecule has 1 saturated carbocycles. The van der Waals surface area contributed by atoms with E-state index in [0.29, 0.717) is 6.42 Å². The zero-order chi connectivity index (χ0) is 11.6. The van der Waals surface area contributed by atoms with Crippen LogP contribution in [0.2, 0.25) is 0 Å². The molecule has 0 aromatic rings. The van der Waals surface area contributed by atoms with Crippen molar-refractivity contribution in [2.45, 2.75) is 63.1 Å². The van der Waals surface area contributed by atoms with Crippen LogP contribution >= 0.6 is 0 Å². The number of carbonyl (C=O) groups is 1. The lowest BCUT2D eigenvalue weighted by molar-refractivity contribution is -0.124. The van der Waals surface area contributed by atoms with Crippen LogP contribution in [-0.4, -0.2) is 35.2 Å². The highest BCUT2D eigenvalue weighted by atomic mass is 16.3. The van der Waals surface area contributed by atoms with Crippen LogP contribution < -0.4 is 10.6 Å². The molecule has 4 heteroatoms. The summed E-state index contributed by atoms with van der Waals surface area (Å²) in [6, 6.07) is 0.144. The third-order valence-electron chi connectivity index (χ3n) is 3.68. The van der Waals surface area contributed by atoms with E-state index < -0.39 is 5.60 Å². The van der Waals surface area contributed by atoms with E-state index in [9.17, 15) is 9.90 Å². The maximum absolute atomic E-state index is 11.9. The summed E-state index contributed by atoms with van der Waals surface area (Å²) in [6.45, 7) is 2.81. The summed E-state index contributed by atoms with van der Waals surface area (Å²) in [4.78, 5) is 11.9. The van der Waals surface area contributed by atoms with Gasteiger partial charge in [-0.3, -0.25) is 4.79 Å². The quantitative estimate of drug-likeness (QED) is 0.644. The molecule has 1 amide bonds. The number of nitrogens with one attached hydrogen (secondary N) is 2. The van der Waals surface area contributed by atoms with Crippen molar-refractivity contribution < 1.29 is 9.90 Å². The first-order chi connectivity index (χ1) is 7.57. The minimum atomic E-state index is -0.598. The van der Waals surface area contributed by atoms with E-state index in [1.54, 1.807) is 0 Å². The zero-order valence-electron chi connectivity index (χ0n) is 9.96. The number of amides is 1. The Balaban J connectivity index is 1.82. The second-order valence-electron chi connectivity index (χ2n) is 5.45. The summed E-state index contributed by atoms with van der Waals surface area (Å²) in [5, 5.41) is 16.2. The molecular formula is C12H22N2O2. The van der Waals surface area contributed by atoms with Crippen LogP contribution in [0.3, 0.4) is 0 Å². The van der Waals surface area contributed by atoms with Crippen molar-refractivity contribution in [3.8, 4) is 0 Å². The Morgan fingerprint density at radius 2 is 2.25 bits per heavy atom. The zero-order valence-corrected chi connectivity index (χ0v) is 9.96. The average molecular weight is 226 g/mol. The third-order valence-corrected chi connectivity index (χ3v) is 3.68. The summed E-state index contributed by atoms with van der Waals surface area (Å²) in [5.41, 5.74) is -0.598. The largest absolute Gasteiger partial charge is 0.390 e. The number of hydrogen-bond acceptors (Lipinski definition) is 3. The molecule has 2 fully saturated rings. The van der Waals surface area contributed by atoms with E-state index in [0.717, 1.165) is 38.6 Å². The molecule has 92 valence electrons. The van der Waals surface area contributed by atoms with Crippen molar-refractivity contribution in [2.24, 2.45) is 0 Å². The molecule has 0 aromatic carbocycles. The van der Waals surface area contributed by atoms with Crippen LogP contribution in [0, 0.1) is 0 Å². The maximum Gasteiger partial charge on any atom is 0.237 e. The molecular weight excluding hydrogens is 204 g/mol. The molecule has 3 atom stereocenters. The van der Waals surface area contributed by atoms with Gasteiger partial charge >= 0.3 is 0 Å². The molecule has 3 N–H and O–H groups in total. The second-order valence-corrected chi connectivity index (χ2v) is 5.45. The van der Waals surface area contributed by atoms with E-state index in [1.165, 1.54) is 0 Å². The fraction of sp³-hybridized carbons (Fsp3) is 0.917. The van der Waals surface area contributed by atoms with Crippen molar-refractivity contribution >= 4 is 5.91 Å². The Morgan fingerprint density at radius 3 is 2.88 bits per heavy atom. The van der Waals surface area contributed by atoms with Crippen LogP contribution in [0.1, 0.15) is 45.4 Å². The first kappa shape index (κ1) is 11.9. The molecule has 16 heavy (non-hydrogen) atoms. The lowest BCUT2D eigenvalue weighted by Crippen LogP contribution is -2.49.